The second kappa shape index (κ2) is 6.49. The van der Waals surface area contributed by atoms with Gasteiger partial charge >= 0.3 is 0 Å². The van der Waals surface area contributed by atoms with Crippen LogP contribution in [0.15, 0.2) is 36.5 Å². The molecule has 1 amide bonds. The summed E-state index contributed by atoms with van der Waals surface area (Å²) in [4.78, 5) is 16.6. The summed E-state index contributed by atoms with van der Waals surface area (Å²) < 4.78 is 7.32. The zero-order valence-corrected chi connectivity index (χ0v) is 14.3. The molecule has 24 heavy (non-hydrogen) atoms. The van der Waals surface area contributed by atoms with Crippen LogP contribution in [-0.2, 0) is 11.8 Å². The molecule has 124 valence electrons. The lowest BCUT2D eigenvalue weighted by atomic mass is 10.2. The number of aryl methyl sites for hydroxylation is 2. The number of anilines is 1. The number of hydrogen-bond donors (Lipinski definition) is 1. The highest BCUT2D eigenvalue weighted by Crippen LogP contribution is 2.21. The molecular formula is C17H17ClN4O2. The highest BCUT2D eigenvalue weighted by atomic mass is 35.5. The molecule has 1 aromatic carbocycles. The Bertz CT molecular complexity index is 907. The minimum atomic E-state index is -0.672. The van der Waals surface area contributed by atoms with E-state index in [1.54, 1.807) is 42.1 Å². The molecule has 0 saturated carbocycles. The second-order valence-corrected chi connectivity index (χ2v) is 5.95. The third-order valence-corrected chi connectivity index (χ3v) is 3.84. The number of rotatable bonds is 4. The Morgan fingerprint density at radius 1 is 1.38 bits per heavy atom. The zero-order valence-electron chi connectivity index (χ0n) is 13.6. The number of carbonyl (C=O) groups is 1. The number of halogens is 1. The van der Waals surface area contributed by atoms with Crippen LogP contribution < -0.4 is 10.1 Å². The van der Waals surface area contributed by atoms with E-state index in [1.807, 2.05) is 20.0 Å². The minimum absolute atomic E-state index is 0.266. The molecule has 0 saturated heterocycles. The van der Waals surface area contributed by atoms with Crippen LogP contribution in [0.2, 0.25) is 5.02 Å². The lowest BCUT2D eigenvalue weighted by Gasteiger charge is -2.14. The first kappa shape index (κ1) is 16.3. The van der Waals surface area contributed by atoms with Crippen molar-refractivity contribution >= 4 is 34.2 Å². The van der Waals surface area contributed by atoms with Gasteiger partial charge in [-0.25, -0.2) is 4.98 Å². The van der Waals surface area contributed by atoms with Gasteiger partial charge in [-0.15, -0.1) is 0 Å². The minimum Gasteiger partial charge on any atom is -0.481 e. The average molecular weight is 345 g/mol. The SMILES string of the molecule is Cc1nn(C)c2ncc(NC(=O)C(C)Oc3cccc(Cl)c3)cc12. The van der Waals surface area contributed by atoms with Gasteiger partial charge in [0.25, 0.3) is 5.91 Å². The van der Waals surface area contributed by atoms with E-state index in [0.717, 1.165) is 16.7 Å². The van der Waals surface area contributed by atoms with E-state index in [4.69, 9.17) is 16.3 Å². The molecule has 0 bridgehead atoms. The highest BCUT2D eigenvalue weighted by molar-refractivity contribution is 6.30. The van der Waals surface area contributed by atoms with Crippen molar-refractivity contribution in [3.05, 3.63) is 47.2 Å². The topological polar surface area (TPSA) is 69.0 Å². The Labute approximate surface area is 144 Å². The number of carbonyl (C=O) groups excluding carboxylic acids is 1. The Morgan fingerprint density at radius 3 is 2.92 bits per heavy atom. The summed E-state index contributed by atoms with van der Waals surface area (Å²) in [6.45, 7) is 3.58. The quantitative estimate of drug-likeness (QED) is 0.788. The van der Waals surface area contributed by atoms with E-state index in [2.05, 4.69) is 15.4 Å². The van der Waals surface area contributed by atoms with Gasteiger partial charge in [-0.05, 0) is 38.1 Å². The number of benzene rings is 1. The predicted octanol–water partition coefficient (Wildman–Crippen LogP) is 3.34. The van der Waals surface area contributed by atoms with Crippen molar-refractivity contribution in [2.75, 3.05) is 5.32 Å². The highest BCUT2D eigenvalue weighted by Gasteiger charge is 2.16. The van der Waals surface area contributed by atoms with Crippen molar-refractivity contribution in [3.63, 3.8) is 0 Å². The smallest absolute Gasteiger partial charge is 0.265 e. The maximum Gasteiger partial charge on any atom is 0.265 e. The van der Waals surface area contributed by atoms with Gasteiger partial charge in [0.1, 0.15) is 5.75 Å². The molecule has 1 atom stereocenters. The average Bonchev–Trinajstić information content (AvgIpc) is 2.81. The van der Waals surface area contributed by atoms with Gasteiger partial charge in [0.15, 0.2) is 11.8 Å². The normalized spacial score (nSPS) is 12.2. The van der Waals surface area contributed by atoms with Gasteiger partial charge < -0.3 is 10.1 Å². The largest absolute Gasteiger partial charge is 0.481 e. The van der Waals surface area contributed by atoms with Gasteiger partial charge in [0.05, 0.1) is 17.6 Å². The van der Waals surface area contributed by atoms with Gasteiger partial charge in [-0.1, -0.05) is 17.7 Å². The number of aromatic nitrogens is 3. The summed E-state index contributed by atoms with van der Waals surface area (Å²) in [7, 11) is 1.83. The maximum atomic E-state index is 12.3. The van der Waals surface area contributed by atoms with Crippen molar-refractivity contribution < 1.29 is 9.53 Å². The summed E-state index contributed by atoms with van der Waals surface area (Å²) in [5, 5.41) is 8.58. The number of nitrogens with one attached hydrogen (secondary N) is 1. The fourth-order valence-corrected chi connectivity index (χ4v) is 2.60. The van der Waals surface area contributed by atoms with Gasteiger partial charge in [-0.2, -0.15) is 5.10 Å². The number of hydrogen-bond acceptors (Lipinski definition) is 4. The van der Waals surface area contributed by atoms with Gasteiger partial charge in [0, 0.05) is 17.5 Å². The fraction of sp³-hybridized carbons (Fsp3) is 0.235. The summed E-state index contributed by atoms with van der Waals surface area (Å²) in [6.07, 6.45) is 0.933. The molecule has 2 heterocycles. The number of amides is 1. The Hall–Kier alpha value is -2.60. The van der Waals surface area contributed by atoms with Crippen molar-refractivity contribution in [3.8, 4) is 5.75 Å². The Kier molecular flexibility index (Phi) is 4.40. The molecule has 6 nitrogen and oxygen atoms in total. The molecule has 7 heteroatoms. The maximum absolute atomic E-state index is 12.3. The van der Waals surface area contributed by atoms with Crippen molar-refractivity contribution in [2.45, 2.75) is 20.0 Å². The zero-order chi connectivity index (χ0) is 17.3. The van der Waals surface area contributed by atoms with Crippen LogP contribution in [0.4, 0.5) is 5.69 Å². The molecule has 0 spiro atoms. The summed E-state index contributed by atoms with van der Waals surface area (Å²) in [5.74, 6) is 0.277. The number of ether oxygens (including phenoxy) is 1. The van der Waals surface area contributed by atoms with Crippen LogP contribution in [0.1, 0.15) is 12.6 Å². The lowest BCUT2D eigenvalue weighted by molar-refractivity contribution is -0.122. The fourth-order valence-electron chi connectivity index (χ4n) is 2.42. The molecule has 3 rings (SSSR count). The lowest BCUT2D eigenvalue weighted by Crippen LogP contribution is -2.30. The van der Waals surface area contributed by atoms with Crippen molar-refractivity contribution in [2.24, 2.45) is 7.05 Å². The predicted molar refractivity (Wildman–Crippen MR) is 93.4 cm³/mol. The number of fused-ring (bicyclic) bond motifs is 1. The molecule has 1 unspecified atom stereocenters. The van der Waals surface area contributed by atoms with Crippen LogP contribution in [-0.4, -0.2) is 26.8 Å². The number of pyridine rings is 1. The molecule has 1 N–H and O–H groups in total. The Balaban J connectivity index is 1.73. The van der Waals surface area contributed by atoms with E-state index in [1.165, 1.54) is 0 Å². The van der Waals surface area contributed by atoms with E-state index >= 15 is 0 Å². The van der Waals surface area contributed by atoms with Crippen LogP contribution in [0.5, 0.6) is 5.75 Å². The van der Waals surface area contributed by atoms with Crippen molar-refractivity contribution in [1.82, 2.24) is 14.8 Å². The van der Waals surface area contributed by atoms with E-state index < -0.39 is 6.10 Å². The monoisotopic (exact) mass is 344 g/mol. The first-order valence-electron chi connectivity index (χ1n) is 7.46. The van der Waals surface area contributed by atoms with Crippen LogP contribution in [0.3, 0.4) is 0 Å². The van der Waals surface area contributed by atoms with Gasteiger partial charge in [-0.3, -0.25) is 9.48 Å². The first-order chi connectivity index (χ1) is 11.4. The van der Waals surface area contributed by atoms with Crippen LogP contribution >= 0.6 is 11.6 Å². The molecule has 0 aliphatic heterocycles. The van der Waals surface area contributed by atoms with Gasteiger partial charge in [0.2, 0.25) is 0 Å². The number of nitrogens with zero attached hydrogens (tertiary/aromatic N) is 3. The van der Waals surface area contributed by atoms with E-state index in [0.29, 0.717) is 16.5 Å². The third kappa shape index (κ3) is 3.33. The van der Waals surface area contributed by atoms with E-state index in [9.17, 15) is 4.79 Å². The molecule has 3 aromatic rings. The molecule has 0 aliphatic rings. The summed E-state index contributed by atoms with van der Waals surface area (Å²) in [6, 6.07) is 8.79. The second-order valence-electron chi connectivity index (χ2n) is 5.51. The van der Waals surface area contributed by atoms with E-state index in [-0.39, 0.29) is 5.91 Å². The third-order valence-electron chi connectivity index (χ3n) is 3.61. The molecular weight excluding hydrogens is 328 g/mol. The molecule has 0 aliphatic carbocycles. The summed E-state index contributed by atoms with van der Waals surface area (Å²) in [5.41, 5.74) is 2.23. The summed E-state index contributed by atoms with van der Waals surface area (Å²) >= 11 is 5.91. The van der Waals surface area contributed by atoms with Crippen LogP contribution in [0, 0.1) is 6.92 Å². The molecule has 0 fully saturated rings. The van der Waals surface area contributed by atoms with Crippen LogP contribution in [0.25, 0.3) is 11.0 Å². The first-order valence-corrected chi connectivity index (χ1v) is 7.84. The Morgan fingerprint density at radius 2 is 2.17 bits per heavy atom. The molecule has 0 radical (unpaired) electrons. The van der Waals surface area contributed by atoms with Crippen molar-refractivity contribution in [1.29, 1.82) is 0 Å². The molecule has 2 aromatic heterocycles. The standard InChI is InChI=1S/C17H17ClN4O2/c1-10-15-8-13(9-19-16(15)22(3)21-10)20-17(23)11(2)24-14-6-4-5-12(18)7-14/h4-9,11H,1-3H3,(H,20,23).